The molecule has 1 amide bonds. The van der Waals surface area contributed by atoms with Gasteiger partial charge < -0.3 is 25.0 Å². The summed E-state index contributed by atoms with van der Waals surface area (Å²) in [7, 11) is 1.68. The quantitative estimate of drug-likeness (QED) is 0.472. The van der Waals surface area contributed by atoms with Crippen molar-refractivity contribution in [3.05, 3.63) is 23.8 Å². The summed E-state index contributed by atoms with van der Waals surface area (Å²) in [5, 5.41) is 6.93. The van der Waals surface area contributed by atoms with Crippen LogP contribution in [-0.2, 0) is 11.3 Å². The van der Waals surface area contributed by atoms with Crippen LogP contribution in [0.2, 0.25) is 0 Å². The Morgan fingerprint density at radius 1 is 1.19 bits per heavy atom. The molecule has 7 heteroatoms. The van der Waals surface area contributed by atoms with Crippen molar-refractivity contribution in [1.29, 1.82) is 0 Å². The number of ether oxygens (including phenoxy) is 2. The maximum atomic E-state index is 12.2. The van der Waals surface area contributed by atoms with Crippen LogP contribution in [0.25, 0.3) is 0 Å². The fraction of sp³-hybridized carbons (Fsp3) is 0.680. The minimum absolute atomic E-state index is 0.0588. The van der Waals surface area contributed by atoms with Crippen molar-refractivity contribution in [2.24, 2.45) is 10.9 Å². The molecule has 0 radical (unpaired) electrons. The maximum Gasteiger partial charge on any atom is 0.225 e. The van der Waals surface area contributed by atoms with Crippen molar-refractivity contribution >= 4 is 11.9 Å². The molecule has 0 atom stereocenters. The Bertz CT molecular complexity index is 766. The van der Waals surface area contributed by atoms with E-state index in [2.05, 4.69) is 17.6 Å². The summed E-state index contributed by atoms with van der Waals surface area (Å²) in [5.74, 6) is 2.79. The van der Waals surface area contributed by atoms with Gasteiger partial charge in [-0.25, -0.2) is 4.99 Å². The topological polar surface area (TPSA) is 75.2 Å². The lowest BCUT2D eigenvalue weighted by molar-refractivity contribution is -0.135. The third-order valence-electron chi connectivity index (χ3n) is 6.26. The molecule has 0 spiro atoms. The van der Waals surface area contributed by atoms with Crippen LogP contribution in [-0.4, -0.2) is 55.7 Å². The molecule has 2 N–H and O–H groups in total. The number of rotatable bonds is 8. The third kappa shape index (κ3) is 6.78. The zero-order chi connectivity index (χ0) is 22.9. The molecular formula is C25H40N4O3. The Labute approximate surface area is 192 Å². The molecule has 0 unspecified atom stereocenters. The van der Waals surface area contributed by atoms with Crippen molar-refractivity contribution in [2.75, 3.05) is 26.7 Å². The third-order valence-corrected chi connectivity index (χ3v) is 6.26. The minimum Gasteiger partial charge on any atom is -0.497 e. The van der Waals surface area contributed by atoms with Gasteiger partial charge in [0.15, 0.2) is 5.96 Å². The van der Waals surface area contributed by atoms with E-state index in [0.717, 1.165) is 68.3 Å². The van der Waals surface area contributed by atoms with Crippen LogP contribution in [0, 0.1) is 5.92 Å². The standard InChI is InChI=1S/C25H40N4O3/c1-5-26-25(28-20-12-14-29(15-13-20)24(30)18(2)3)27-17-19-10-11-22(31-4)16-23(19)32-21-8-6-7-9-21/h10-11,16,18,20-21H,5-9,12-15,17H2,1-4H3,(H2,26,27,28). The lowest BCUT2D eigenvalue weighted by Crippen LogP contribution is -2.50. The molecule has 178 valence electrons. The first-order valence-corrected chi connectivity index (χ1v) is 12.2. The number of methoxy groups -OCH3 is 1. The predicted octanol–water partition coefficient (Wildman–Crippen LogP) is 3.72. The second-order valence-corrected chi connectivity index (χ2v) is 9.09. The molecule has 1 aliphatic heterocycles. The van der Waals surface area contributed by atoms with Crippen molar-refractivity contribution in [2.45, 2.75) is 78.0 Å². The fourth-order valence-corrected chi connectivity index (χ4v) is 4.37. The van der Waals surface area contributed by atoms with Crippen LogP contribution in [0.5, 0.6) is 11.5 Å². The maximum absolute atomic E-state index is 12.2. The van der Waals surface area contributed by atoms with Gasteiger partial charge in [-0.2, -0.15) is 0 Å². The number of amides is 1. The van der Waals surface area contributed by atoms with Crippen LogP contribution in [0.15, 0.2) is 23.2 Å². The van der Waals surface area contributed by atoms with Gasteiger partial charge in [0.25, 0.3) is 0 Å². The van der Waals surface area contributed by atoms with E-state index in [4.69, 9.17) is 14.5 Å². The molecule has 1 saturated heterocycles. The number of aliphatic imine (C=N–C) groups is 1. The SMILES string of the molecule is CCNC(=NCc1ccc(OC)cc1OC1CCCC1)NC1CCN(C(=O)C(C)C)CC1. The first-order valence-electron chi connectivity index (χ1n) is 12.2. The number of hydrogen-bond donors (Lipinski definition) is 2. The molecule has 1 saturated carbocycles. The normalized spacial score (nSPS) is 18.2. The Morgan fingerprint density at radius 3 is 2.53 bits per heavy atom. The number of benzene rings is 1. The summed E-state index contributed by atoms with van der Waals surface area (Å²) in [4.78, 5) is 19.1. The van der Waals surface area contributed by atoms with Gasteiger partial charge in [0, 0.05) is 43.2 Å². The number of likely N-dealkylation sites (tertiary alicyclic amines) is 1. The number of piperidine rings is 1. The van der Waals surface area contributed by atoms with E-state index < -0.39 is 0 Å². The van der Waals surface area contributed by atoms with E-state index in [1.165, 1.54) is 12.8 Å². The Kier molecular flexibility index (Phi) is 9.06. The molecule has 32 heavy (non-hydrogen) atoms. The summed E-state index contributed by atoms with van der Waals surface area (Å²) in [6.07, 6.45) is 6.85. The second-order valence-electron chi connectivity index (χ2n) is 9.09. The van der Waals surface area contributed by atoms with E-state index in [1.54, 1.807) is 7.11 Å². The predicted molar refractivity (Wildman–Crippen MR) is 128 cm³/mol. The minimum atomic E-state index is 0.0588. The van der Waals surface area contributed by atoms with E-state index in [-0.39, 0.29) is 17.9 Å². The van der Waals surface area contributed by atoms with Gasteiger partial charge in [-0.05, 0) is 57.6 Å². The number of guanidine groups is 1. The lowest BCUT2D eigenvalue weighted by Gasteiger charge is -2.34. The summed E-state index contributed by atoms with van der Waals surface area (Å²) >= 11 is 0. The van der Waals surface area contributed by atoms with Gasteiger partial charge in [0.1, 0.15) is 11.5 Å². The first-order chi connectivity index (χ1) is 15.5. The first kappa shape index (κ1) is 24.2. The van der Waals surface area contributed by atoms with Crippen LogP contribution in [0.4, 0.5) is 0 Å². The van der Waals surface area contributed by atoms with Gasteiger partial charge in [0.2, 0.25) is 5.91 Å². The summed E-state index contributed by atoms with van der Waals surface area (Å²) in [6, 6.07) is 6.31. The molecule has 1 aromatic rings. The highest BCUT2D eigenvalue weighted by atomic mass is 16.5. The zero-order valence-corrected chi connectivity index (χ0v) is 20.2. The molecule has 3 rings (SSSR count). The number of nitrogens with one attached hydrogen (secondary N) is 2. The second kappa shape index (κ2) is 12.0. The summed E-state index contributed by atoms with van der Waals surface area (Å²) in [6.45, 7) is 8.93. The highest BCUT2D eigenvalue weighted by Gasteiger charge is 2.25. The van der Waals surface area contributed by atoms with Crippen LogP contribution >= 0.6 is 0 Å². The Morgan fingerprint density at radius 2 is 1.91 bits per heavy atom. The summed E-state index contributed by atoms with van der Waals surface area (Å²) in [5.41, 5.74) is 1.06. The number of carbonyl (C=O) groups excluding carboxylic acids is 1. The zero-order valence-electron chi connectivity index (χ0n) is 20.2. The molecule has 1 aromatic carbocycles. The van der Waals surface area contributed by atoms with Gasteiger partial charge in [-0.3, -0.25) is 4.79 Å². The van der Waals surface area contributed by atoms with Crippen LogP contribution < -0.4 is 20.1 Å². The van der Waals surface area contributed by atoms with Crippen molar-refractivity contribution in [1.82, 2.24) is 15.5 Å². The molecule has 0 aromatic heterocycles. The smallest absolute Gasteiger partial charge is 0.225 e. The molecule has 1 aliphatic carbocycles. The van der Waals surface area contributed by atoms with Crippen molar-refractivity contribution in [3.63, 3.8) is 0 Å². The van der Waals surface area contributed by atoms with E-state index in [9.17, 15) is 4.79 Å². The van der Waals surface area contributed by atoms with Crippen molar-refractivity contribution < 1.29 is 14.3 Å². The van der Waals surface area contributed by atoms with E-state index >= 15 is 0 Å². The van der Waals surface area contributed by atoms with Gasteiger partial charge >= 0.3 is 0 Å². The Hall–Kier alpha value is -2.44. The van der Waals surface area contributed by atoms with E-state index in [1.807, 2.05) is 36.9 Å². The average Bonchev–Trinajstić information content (AvgIpc) is 3.31. The average molecular weight is 445 g/mol. The number of carbonyl (C=O) groups is 1. The van der Waals surface area contributed by atoms with Gasteiger partial charge in [-0.15, -0.1) is 0 Å². The van der Waals surface area contributed by atoms with Crippen LogP contribution in [0.1, 0.15) is 64.9 Å². The van der Waals surface area contributed by atoms with Gasteiger partial charge in [-0.1, -0.05) is 13.8 Å². The molecule has 2 aliphatic rings. The van der Waals surface area contributed by atoms with Gasteiger partial charge in [0.05, 0.1) is 19.8 Å². The molecule has 0 bridgehead atoms. The van der Waals surface area contributed by atoms with E-state index in [0.29, 0.717) is 12.6 Å². The molecule has 1 heterocycles. The molecule has 2 fully saturated rings. The highest BCUT2D eigenvalue weighted by molar-refractivity contribution is 5.80. The Balaban J connectivity index is 1.63. The number of nitrogens with zero attached hydrogens (tertiary/aromatic N) is 2. The monoisotopic (exact) mass is 444 g/mol. The largest absolute Gasteiger partial charge is 0.497 e. The van der Waals surface area contributed by atoms with Crippen molar-refractivity contribution in [3.8, 4) is 11.5 Å². The molecule has 7 nitrogen and oxygen atoms in total. The molecular weight excluding hydrogens is 404 g/mol. The fourth-order valence-electron chi connectivity index (χ4n) is 4.37. The number of hydrogen-bond acceptors (Lipinski definition) is 4. The lowest BCUT2D eigenvalue weighted by atomic mass is 10.0. The van der Waals surface area contributed by atoms with Crippen LogP contribution in [0.3, 0.4) is 0 Å². The summed E-state index contributed by atoms with van der Waals surface area (Å²) < 4.78 is 11.7. The highest BCUT2D eigenvalue weighted by Crippen LogP contribution is 2.30.